The second-order valence-electron chi connectivity index (χ2n) is 18.5. The zero-order valence-electron chi connectivity index (χ0n) is 40.0. The van der Waals surface area contributed by atoms with Gasteiger partial charge >= 0.3 is 5.97 Å². The van der Waals surface area contributed by atoms with Crippen LogP contribution in [0.25, 0.3) is 21.3 Å². The predicted molar refractivity (Wildman–Crippen MR) is 276 cm³/mol. The summed E-state index contributed by atoms with van der Waals surface area (Å²) < 4.78 is 7.33. The van der Waals surface area contributed by atoms with Crippen LogP contribution in [0.4, 0.5) is 22.3 Å². The van der Waals surface area contributed by atoms with Crippen LogP contribution in [0.15, 0.2) is 91.0 Å². The van der Waals surface area contributed by atoms with E-state index in [4.69, 9.17) is 15.1 Å². The fourth-order valence-corrected chi connectivity index (χ4v) is 11.0. The molecule has 5 heterocycles. The topological polar surface area (TPSA) is 219 Å². The third-order valence-electron chi connectivity index (χ3n) is 13.9. The zero-order chi connectivity index (χ0) is 49.8. The highest BCUT2D eigenvalue weighted by Gasteiger charge is 2.32. The lowest BCUT2D eigenvalue weighted by Crippen LogP contribution is -2.44. The molecule has 16 nitrogen and oxygen atoms in total. The number of carboxylic acid groups (broad SMARTS) is 1. The Bertz CT molecular complexity index is 3030. The van der Waals surface area contributed by atoms with Gasteiger partial charge in [-0.3, -0.25) is 34.7 Å². The molecular weight excluding hydrogens is 919 g/mol. The van der Waals surface area contributed by atoms with Crippen LogP contribution in [0, 0.1) is 24.2 Å². The normalized spacial score (nSPS) is 18.1. The van der Waals surface area contributed by atoms with E-state index >= 15 is 0 Å². The number of carbonyl (C=O) groups is 5. The molecule has 9 rings (SSSR count). The van der Waals surface area contributed by atoms with Crippen molar-refractivity contribution >= 4 is 79.2 Å². The molecule has 3 aliphatic rings. The summed E-state index contributed by atoms with van der Waals surface area (Å²) in [5.41, 5.74) is 7.17. The predicted octanol–water partition coefficient (Wildman–Crippen LogP) is 8.54. The summed E-state index contributed by atoms with van der Waals surface area (Å²) in [5.74, 6) is -1.33. The van der Waals surface area contributed by atoms with Gasteiger partial charge in [-0.25, -0.2) is 14.8 Å². The number of hydrogen-bond acceptors (Lipinski definition) is 13. The van der Waals surface area contributed by atoms with Gasteiger partial charge in [-0.1, -0.05) is 47.7 Å². The van der Waals surface area contributed by atoms with Gasteiger partial charge in [0.15, 0.2) is 10.8 Å². The molecule has 6 N–H and O–H groups in total. The molecule has 1 unspecified atom stereocenters. The zero-order valence-corrected chi connectivity index (χ0v) is 40.8. The van der Waals surface area contributed by atoms with Crippen molar-refractivity contribution in [1.82, 2.24) is 20.2 Å². The molecule has 71 heavy (non-hydrogen) atoms. The van der Waals surface area contributed by atoms with Gasteiger partial charge < -0.3 is 30.8 Å². The van der Waals surface area contributed by atoms with Crippen LogP contribution in [0.1, 0.15) is 88.5 Å². The van der Waals surface area contributed by atoms with Gasteiger partial charge in [0.05, 0.1) is 35.0 Å². The molecule has 4 amide bonds. The van der Waals surface area contributed by atoms with Gasteiger partial charge in [0, 0.05) is 60.7 Å². The second kappa shape index (κ2) is 21.2. The fraction of sp³-hybridized carbons (Fsp3) is 0.333. The highest BCUT2D eigenvalue weighted by molar-refractivity contribution is 7.22. The van der Waals surface area contributed by atoms with Crippen LogP contribution in [-0.2, 0) is 27.3 Å². The number of fused-ring (bicyclic) bond motifs is 2. The maximum absolute atomic E-state index is 13.6. The molecule has 366 valence electrons. The van der Waals surface area contributed by atoms with Crippen LogP contribution in [0.3, 0.4) is 0 Å². The van der Waals surface area contributed by atoms with E-state index < -0.39 is 17.8 Å². The number of pyridine rings is 1. The van der Waals surface area contributed by atoms with Crippen LogP contribution < -0.4 is 30.9 Å². The number of carbonyl (C=O) groups excluding carboxylic acids is 4. The molecule has 0 spiro atoms. The number of nitrogens with zero attached hydrogens (tertiary/aromatic N) is 4. The molecule has 3 aliphatic heterocycles. The molecular formula is C54H57N9O7S. The minimum atomic E-state index is -1.14. The highest BCUT2D eigenvalue weighted by atomic mass is 32.1. The summed E-state index contributed by atoms with van der Waals surface area (Å²) in [4.78, 5) is 77.2. The van der Waals surface area contributed by atoms with E-state index in [1.165, 1.54) is 11.3 Å². The highest BCUT2D eigenvalue weighted by Crippen LogP contribution is 2.36. The number of nitrogens with one attached hydrogen (secondary N) is 5. The molecule has 0 aliphatic carbocycles. The minimum Gasteiger partial charge on any atom is -0.493 e. The largest absolute Gasteiger partial charge is 0.493 e. The van der Waals surface area contributed by atoms with E-state index in [-0.39, 0.29) is 54.6 Å². The first-order chi connectivity index (χ1) is 34.3. The van der Waals surface area contributed by atoms with Gasteiger partial charge in [-0.15, -0.1) is 0 Å². The van der Waals surface area contributed by atoms with Crippen molar-refractivity contribution in [2.24, 2.45) is 11.8 Å². The number of carboxylic acids is 1. The number of likely N-dealkylation sites (tertiary alicyclic amines) is 1. The summed E-state index contributed by atoms with van der Waals surface area (Å²) in [6.07, 6.45) is 4.87. The summed E-state index contributed by atoms with van der Waals surface area (Å²) in [6, 6.07) is 28.2. The minimum absolute atomic E-state index is 0.0591. The summed E-state index contributed by atoms with van der Waals surface area (Å²) in [7, 11) is 1.72. The summed E-state index contributed by atoms with van der Waals surface area (Å²) in [6.45, 7) is 6.63. The summed E-state index contributed by atoms with van der Waals surface area (Å²) in [5, 5.41) is 31.1. The number of imide groups is 1. The Kier molecular flexibility index (Phi) is 14.5. The number of benzene rings is 4. The Balaban J connectivity index is 0.766. The van der Waals surface area contributed by atoms with Gasteiger partial charge in [-0.2, -0.15) is 0 Å². The monoisotopic (exact) mass is 975 g/mol. The maximum atomic E-state index is 13.6. The first-order valence-electron chi connectivity index (χ1n) is 24.1. The molecule has 0 saturated carbocycles. The molecule has 2 fully saturated rings. The third-order valence-corrected chi connectivity index (χ3v) is 14.9. The van der Waals surface area contributed by atoms with Crippen LogP contribution in [0.5, 0.6) is 5.75 Å². The van der Waals surface area contributed by atoms with Crippen molar-refractivity contribution in [3.05, 3.63) is 125 Å². The quantitative estimate of drug-likeness (QED) is 0.0305. The second-order valence-corrected chi connectivity index (χ2v) is 19.6. The van der Waals surface area contributed by atoms with E-state index in [0.29, 0.717) is 76.8 Å². The molecule has 2 saturated heterocycles. The standard InChI is InChI=1S/C54H57N9O7S/c1-31-27-33(22-24-62(31)30-48(65)57-35-16-17-39(43(28-35)56-3)49(55)40-19-21-47(64)60-52(40)67)9-8-26-70-44-14-7-11-36(32(44)2)37-18-20-46(59-50(37)53(68)69)63-25-23-34-10-6-12-38(41(34)29-63)51(66)61-54-58-42-13-4-5-15-45(42)71-54/h4-7,10-18,20,28,31,33,40,55-56H,8-9,19,21-27,29-30H2,1-3H3,(H,57,65)(H,68,69)(H,58,61,66)(H,60,64,67)/t31-,33+,40?/m1/s1. The first-order valence-corrected chi connectivity index (χ1v) is 24.9. The first kappa shape index (κ1) is 48.5. The van der Waals surface area contributed by atoms with Crippen LogP contribution >= 0.6 is 11.3 Å². The average molecular weight is 976 g/mol. The Morgan fingerprint density at radius 2 is 1.75 bits per heavy atom. The molecule has 17 heteroatoms. The van der Waals surface area contributed by atoms with Crippen molar-refractivity contribution in [1.29, 1.82) is 5.41 Å². The van der Waals surface area contributed by atoms with Crippen molar-refractivity contribution in [3.63, 3.8) is 0 Å². The third kappa shape index (κ3) is 10.8. The Morgan fingerprint density at radius 3 is 2.54 bits per heavy atom. The van der Waals surface area contributed by atoms with Crippen molar-refractivity contribution in [3.8, 4) is 16.9 Å². The molecule has 6 aromatic rings. The number of thiazole rings is 1. The Morgan fingerprint density at radius 1 is 0.915 bits per heavy atom. The van der Waals surface area contributed by atoms with E-state index in [1.54, 1.807) is 25.2 Å². The number of amides is 4. The number of aromatic carboxylic acids is 1. The number of aromatic nitrogens is 2. The number of piperidine rings is 2. The SMILES string of the molecule is CNc1cc(NC(=O)CN2CC[C@H](CCCOc3cccc(-c4ccc(N5CCc6cccc(C(=O)Nc7nc8ccccc8s7)c6C5)nc4C(=O)O)c3C)C[C@H]2C)ccc1C(=N)C1CCC(=O)NC1=O. The van der Waals surface area contributed by atoms with Gasteiger partial charge in [0.2, 0.25) is 17.7 Å². The van der Waals surface area contributed by atoms with Crippen molar-refractivity contribution < 1.29 is 33.8 Å². The van der Waals surface area contributed by atoms with Crippen LogP contribution in [-0.4, -0.2) is 94.6 Å². The average Bonchev–Trinajstić information content (AvgIpc) is 3.78. The molecule has 2 aromatic heterocycles. The number of rotatable bonds is 16. The van der Waals surface area contributed by atoms with Crippen molar-refractivity contribution in [2.75, 3.05) is 54.1 Å². The van der Waals surface area contributed by atoms with Gasteiger partial charge in [-0.05, 0) is 142 Å². The smallest absolute Gasteiger partial charge is 0.355 e. The maximum Gasteiger partial charge on any atom is 0.355 e. The van der Waals surface area contributed by atoms with E-state index in [0.717, 1.165) is 64.7 Å². The van der Waals surface area contributed by atoms with E-state index in [9.17, 15) is 29.1 Å². The van der Waals surface area contributed by atoms with E-state index in [2.05, 4.69) is 38.1 Å². The molecule has 0 bridgehead atoms. The molecule has 0 radical (unpaired) electrons. The lowest BCUT2D eigenvalue weighted by atomic mass is 9.88. The number of ether oxygens (including phenoxy) is 1. The van der Waals surface area contributed by atoms with Crippen molar-refractivity contribution in [2.45, 2.75) is 71.4 Å². The van der Waals surface area contributed by atoms with Crippen LogP contribution in [0.2, 0.25) is 0 Å². The lowest BCUT2D eigenvalue weighted by Gasteiger charge is -2.37. The molecule has 3 atom stereocenters. The Hall–Kier alpha value is -7.50. The summed E-state index contributed by atoms with van der Waals surface area (Å²) >= 11 is 1.42. The molecule has 4 aromatic carbocycles. The van der Waals surface area contributed by atoms with Gasteiger partial charge in [0.1, 0.15) is 11.6 Å². The van der Waals surface area contributed by atoms with Gasteiger partial charge in [0.25, 0.3) is 5.91 Å². The number of para-hydroxylation sites is 1. The van der Waals surface area contributed by atoms with E-state index in [1.807, 2.05) is 84.6 Å². The Labute approximate surface area is 415 Å². The number of hydrogen-bond donors (Lipinski definition) is 6. The lowest BCUT2D eigenvalue weighted by molar-refractivity contribution is -0.134. The number of anilines is 4. The fourth-order valence-electron chi connectivity index (χ4n) is 10.1.